The standard InChI is InChI=1S/C13H28N2O/c1-11(2)5-8-15-9-13(10-16)14(4)7-6-12(15)3/h11-13,16H,5-10H2,1-4H3. The first-order chi connectivity index (χ1) is 7.54. The predicted octanol–water partition coefficient (Wildman–Crippen LogP) is 1.42. The Bertz CT molecular complexity index is 196. The Hall–Kier alpha value is -0.120. The van der Waals surface area contributed by atoms with Crippen LogP contribution in [0.25, 0.3) is 0 Å². The molecule has 1 N–H and O–H groups in total. The molecule has 0 spiro atoms. The minimum atomic E-state index is 0.279. The molecule has 0 radical (unpaired) electrons. The fraction of sp³-hybridized carbons (Fsp3) is 1.00. The fourth-order valence-electron chi connectivity index (χ4n) is 2.28. The maximum atomic E-state index is 9.40. The second kappa shape index (κ2) is 6.58. The minimum Gasteiger partial charge on any atom is -0.395 e. The number of aliphatic hydroxyl groups is 1. The molecule has 0 aromatic carbocycles. The molecule has 0 saturated carbocycles. The van der Waals surface area contributed by atoms with E-state index in [1.807, 2.05) is 0 Å². The van der Waals surface area contributed by atoms with Crippen LogP contribution in [0.1, 0.15) is 33.6 Å². The largest absolute Gasteiger partial charge is 0.395 e. The molecule has 2 atom stereocenters. The summed E-state index contributed by atoms with van der Waals surface area (Å²) in [5, 5.41) is 9.40. The zero-order valence-corrected chi connectivity index (χ0v) is 11.3. The van der Waals surface area contributed by atoms with Gasteiger partial charge in [-0.05, 0) is 45.8 Å². The van der Waals surface area contributed by atoms with Crippen molar-refractivity contribution in [2.24, 2.45) is 5.92 Å². The Labute approximate surface area is 100 Å². The van der Waals surface area contributed by atoms with Crippen LogP contribution in [0.5, 0.6) is 0 Å². The average molecular weight is 228 g/mol. The van der Waals surface area contributed by atoms with Crippen LogP contribution in [0.4, 0.5) is 0 Å². The summed E-state index contributed by atoms with van der Waals surface area (Å²) in [5.41, 5.74) is 0. The number of hydrogen-bond acceptors (Lipinski definition) is 3. The SMILES string of the molecule is CC(C)CCN1CC(CO)N(C)CCC1C. The molecule has 1 fully saturated rings. The summed E-state index contributed by atoms with van der Waals surface area (Å²) in [4.78, 5) is 4.84. The van der Waals surface area contributed by atoms with Crippen molar-refractivity contribution in [2.75, 3.05) is 33.3 Å². The third kappa shape index (κ3) is 4.04. The molecule has 3 heteroatoms. The first-order valence-electron chi connectivity index (χ1n) is 6.59. The highest BCUT2D eigenvalue weighted by molar-refractivity contribution is 4.81. The molecule has 3 nitrogen and oxygen atoms in total. The monoisotopic (exact) mass is 228 g/mol. The summed E-state index contributed by atoms with van der Waals surface area (Å²) in [6, 6.07) is 0.967. The zero-order chi connectivity index (χ0) is 12.1. The average Bonchev–Trinajstić information content (AvgIpc) is 2.37. The molecule has 1 heterocycles. The van der Waals surface area contributed by atoms with Gasteiger partial charge in [0, 0.05) is 18.6 Å². The maximum Gasteiger partial charge on any atom is 0.0599 e. The number of likely N-dealkylation sites (N-methyl/N-ethyl adjacent to an activating group) is 1. The Morgan fingerprint density at radius 1 is 1.38 bits per heavy atom. The third-order valence-electron chi connectivity index (χ3n) is 3.80. The smallest absolute Gasteiger partial charge is 0.0599 e. The molecule has 1 rings (SSSR count). The van der Waals surface area contributed by atoms with Crippen molar-refractivity contribution in [1.29, 1.82) is 0 Å². The van der Waals surface area contributed by atoms with Gasteiger partial charge in [-0.3, -0.25) is 9.80 Å². The molecular formula is C13H28N2O. The highest BCUT2D eigenvalue weighted by Crippen LogP contribution is 2.15. The van der Waals surface area contributed by atoms with Gasteiger partial charge in [0.05, 0.1) is 6.61 Å². The van der Waals surface area contributed by atoms with E-state index in [-0.39, 0.29) is 6.61 Å². The van der Waals surface area contributed by atoms with E-state index in [1.54, 1.807) is 0 Å². The summed E-state index contributed by atoms with van der Waals surface area (Å²) in [6.45, 7) is 10.4. The van der Waals surface area contributed by atoms with Gasteiger partial charge < -0.3 is 5.11 Å². The molecule has 0 aromatic heterocycles. The molecule has 96 valence electrons. The van der Waals surface area contributed by atoms with Crippen molar-refractivity contribution in [3.63, 3.8) is 0 Å². The van der Waals surface area contributed by atoms with Crippen molar-refractivity contribution in [3.05, 3.63) is 0 Å². The molecular weight excluding hydrogens is 200 g/mol. The first kappa shape index (κ1) is 13.9. The van der Waals surface area contributed by atoms with Gasteiger partial charge in [0.1, 0.15) is 0 Å². The van der Waals surface area contributed by atoms with Crippen LogP contribution in [0.15, 0.2) is 0 Å². The van der Waals surface area contributed by atoms with E-state index < -0.39 is 0 Å². The molecule has 1 aliphatic heterocycles. The third-order valence-corrected chi connectivity index (χ3v) is 3.80. The maximum absolute atomic E-state index is 9.40. The molecule has 16 heavy (non-hydrogen) atoms. The number of rotatable bonds is 4. The Balaban J connectivity index is 2.52. The Morgan fingerprint density at radius 3 is 2.62 bits per heavy atom. The molecule has 0 bridgehead atoms. The first-order valence-corrected chi connectivity index (χ1v) is 6.59. The van der Waals surface area contributed by atoms with Crippen LogP contribution in [0.3, 0.4) is 0 Å². The van der Waals surface area contributed by atoms with E-state index >= 15 is 0 Å². The summed E-state index contributed by atoms with van der Waals surface area (Å²) < 4.78 is 0. The van der Waals surface area contributed by atoms with Crippen molar-refractivity contribution >= 4 is 0 Å². The van der Waals surface area contributed by atoms with E-state index in [0.717, 1.165) is 19.0 Å². The Kier molecular flexibility index (Phi) is 5.73. The van der Waals surface area contributed by atoms with Crippen LogP contribution in [0.2, 0.25) is 0 Å². The van der Waals surface area contributed by atoms with E-state index in [1.165, 1.54) is 19.4 Å². The second-order valence-electron chi connectivity index (χ2n) is 5.63. The highest BCUT2D eigenvalue weighted by Gasteiger charge is 2.25. The van der Waals surface area contributed by atoms with Crippen LogP contribution in [0, 0.1) is 5.92 Å². The van der Waals surface area contributed by atoms with Gasteiger partial charge in [-0.2, -0.15) is 0 Å². The highest BCUT2D eigenvalue weighted by atomic mass is 16.3. The second-order valence-corrected chi connectivity index (χ2v) is 5.63. The van der Waals surface area contributed by atoms with Crippen molar-refractivity contribution in [1.82, 2.24) is 9.80 Å². The van der Waals surface area contributed by atoms with Crippen LogP contribution in [-0.4, -0.2) is 60.3 Å². The number of nitrogens with zero attached hydrogens (tertiary/aromatic N) is 2. The number of aliphatic hydroxyl groups excluding tert-OH is 1. The van der Waals surface area contributed by atoms with Gasteiger partial charge >= 0.3 is 0 Å². The lowest BCUT2D eigenvalue weighted by Gasteiger charge is -2.30. The van der Waals surface area contributed by atoms with Gasteiger partial charge in [-0.25, -0.2) is 0 Å². The zero-order valence-electron chi connectivity index (χ0n) is 11.3. The summed E-state index contributed by atoms with van der Waals surface area (Å²) >= 11 is 0. The molecule has 0 aliphatic carbocycles. The molecule has 0 aromatic rings. The minimum absolute atomic E-state index is 0.279. The summed E-state index contributed by atoms with van der Waals surface area (Å²) in [6.07, 6.45) is 2.47. The molecule has 1 aliphatic rings. The van der Waals surface area contributed by atoms with Gasteiger partial charge in [0.2, 0.25) is 0 Å². The van der Waals surface area contributed by atoms with Crippen LogP contribution >= 0.6 is 0 Å². The predicted molar refractivity (Wildman–Crippen MR) is 68.6 cm³/mol. The van der Waals surface area contributed by atoms with Crippen molar-refractivity contribution < 1.29 is 5.11 Å². The van der Waals surface area contributed by atoms with Gasteiger partial charge in [-0.1, -0.05) is 13.8 Å². The lowest BCUT2D eigenvalue weighted by Crippen LogP contribution is -2.43. The van der Waals surface area contributed by atoms with E-state index in [2.05, 4.69) is 37.6 Å². The van der Waals surface area contributed by atoms with Crippen LogP contribution < -0.4 is 0 Å². The molecule has 2 unspecified atom stereocenters. The van der Waals surface area contributed by atoms with E-state index in [0.29, 0.717) is 12.1 Å². The Morgan fingerprint density at radius 2 is 2.06 bits per heavy atom. The van der Waals surface area contributed by atoms with Crippen LogP contribution in [-0.2, 0) is 0 Å². The number of hydrogen-bond donors (Lipinski definition) is 1. The van der Waals surface area contributed by atoms with Gasteiger partial charge in [0.25, 0.3) is 0 Å². The van der Waals surface area contributed by atoms with Crippen molar-refractivity contribution in [2.45, 2.75) is 45.7 Å². The van der Waals surface area contributed by atoms with Gasteiger partial charge in [-0.15, -0.1) is 0 Å². The van der Waals surface area contributed by atoms with E-state index in [9.17, 15) is 5.11 Å². The normalized spacial score (nSPS) is 29.6. The van der Waals surface area contributed by atoms with E-state index in [4.69, 9.17) is 0 Å². The summed E-state index contributed by atoms with van der Waals surface area (Å²) in [7, 11) is 2.12. The van der Waals surface area contributed by atoms with Gasteiger partial charge in [0.15, 0.2) is 0 Å². The molecule has 1 saturated heterocycles. The lowest BCUT2D eigenvalue weighted by molar-refractivity contribution is 0.120. The van der Waals surface area contributed by atoms with Crippen molar-refractivity contribution in [3.8, 4) is 0 Å². The fourth-order valence-corrected chi connectivity index (χ4v) is 2.28. The lowest BCUT2D eigenvalue weighted by atomic mass is 10.1. The quantitative estimate of drug-likeness (QED) is 0.788. The topological polar surface area (TPSA) is 26.7 Å². The summed E-state index contributed by atoms with van der Waals surface area (Å²) in [5.74, 6) is 0.765. The molecule has 0 amide bonds.